The van der Waals surface area contributed by atoms with E-state index in [4.69, 9.17) is 11.6 Å². The Balaban J connectivity index is 1.95. The van der Waals surface area contributed by atoms with Crippen LogP contribution in [0.4, 0.5) is 5.69 Å². The zero-order chi connectivity index (χ0) is 14.3. The lowest BCUT2D eigenvalue weighted by Gasteiger charge is -2.30. The predicted molar refractivity (Wildman–Crippen MR) is 75.7 cm³/mol. The molecule has 2 amide bonds. The van der Waals surface area contributed by atoms with Gasteiger partial charge in [0.15, 0.2) is 0 Å². The SMILES string of the molecule is O=C1CC2(CCCCC2)C(=O)N1c1ccc(O)c(Cl)c1. The summed E-state index contributed by atoms with van der Waals surface area (Å²) < 4.78 is 0. The Kier molecular flexibility index (Phi) is 3.21. The molecule has 1 spiro atoms. The molecule has 4 nitrogen and oxygen atoms in total. The molecule has 0 atom stereocenters. The van der Waals surface area contributed by atoms with Gasteiger partial charge in [0, 0.05) is 6.42 Å². The molecule has 0 aromatic heterocycles. The molecule has 1 saturated carbocycles. The van der Waals surface area contributed by atoms with Crippen LogP contribution in [-0.2, 0) is 9.59 Å². The molecule has 0 bridgehead atoms. The summed E-state index contributed by atoms with van der Waals surface area (Å²) in [5.74, 6) is -0.329. The third-order valence-electron chi connectivity index (χ3n) is 4.40. The van der Waals surface area contributed by atoms with Crippen LogP contribution in [-0.4, -0.2) is 16.9 Å². The van der Waals surface area contributed by atoms with Crippen molar-refractivity contribution in [1.29, 1.82) is 0 Å². The number of benzene rings is 1. The average Bonchev–Trinajstić information content (AvgIpc) is 2.66. The van der Waals surface area contributed by atoms with Crippen LogP contribution in [0.2, 0.25) is 5.02 Å². The van der Waals surface area contributed by atoms with Crippen molar-refractivity contribution in [2.75, 3.05) is 4.90 Å². The quantitative estimate of drug-likeness (QED) is 0.809. The summed E-state index contributed by atoms with van der Waals surface area (Å²) in [5, 5.41) is 9.59. The maximum Gasteiger partial charge on any atom is 0.240 e. The van der Waals surface area contributed by atoms with Gasteiger partial charge < -0.3 is 5.11 Å². The summed E-state index contributed by atoms with van der Waals surface area (Å²) in [6.45, 7) is 0. The van der Waals surface area contributed by atoms with Crippen LogP contribution in [0.15, 0.2) is 18.2 Å². The highest BCUT2D eigenvalue weighted by Crippen LogP contribution is 2.46. The molecule has 1 aromatic rings. The van der Waals surface area contributed by atoms with E-state index in [1.165, 1.54) is 17.0 Å². The summed E-state index contributed by atoms with van der Waals surface area (Å²) in [6.07, 6.45) is 5.02. The Morgan fingerprint density at radius 2 is 1.85 bits per heavy atom. The number of rotatable bonds is 1. The van der Waals surface area contributed by atoms with Gasteiger partial charge in [-0.25, -0.2) is 4.90 Å². The molecule has 0 radical (unpaired) electrons. The fraction of sp³-hybridized carbons (Fsp3) is 0.467. The van der Waals surface area contributed by atoms with Crippen LogP contribution in [0, 0.1) is 5.41 Å². The van der Waals surface area contributed by atoms with E-state index in [1.807, 2.05) is 0 Å². The Morgan fingerprint density at radius 3 is 2.50 bits per heavy atom. The lowest BCUT2D eigenvalue weighted by Crippen LogP contribution is -2.36. The number of phenols is 1. The Hall–Kier alpha value is -1.55. The number of anilines is 1. The Labute approximate surface area is 122 Å². The molecule has 106 valence electrons. The number of carbonyl (C=O) groups excluding carboxylic acids is 2. The highest BCUT2D eigenvalue weighted by Gasteiger charge is 2.52. The van der Waals surface area contributed by atoms with Gasteiger partial charge in [-0.3, -0.25) is 9.59 Å². The summed E-state index contributed by atoms with van der Waals surface area (Å²) in [7, 11) is 0. The molecule has 20 heavy (non-hydrogen) atoms. The van der Waals surface area contributed by atoms with Gasteiger partial charge in [-0.1, -0.05) is 30.9 Å². The lowest BCUT2D eigenvalue weighted by molar-refractivity contribution is -0.127. The number of halogens is 1. The molecule has 1 aromatic carbocycles. The number of nitrogens with zero attached hydrogens (tertiary/aromatic N) is 1. The second-order valence-corrected chi connectivity index (χ2v) is 6.09. The molecular formula is C15H16ClNO3. The van der Waals surface area contributed by atoms with E-state index in [1.54, 1.807) is 6.07 Å². The summed E-state index contributed by atoms with van der Waals surface area (Å²) in [6, 6.07) is 4.43. The average molecular weight is 294 g/mol. The van der Waals surface area contributed by atoms with Crippen LogP contribution >= 0.6 is 11.6 Å². The fourth-order valence-corrected chi connectivity index (χ4v) is 3.48. The Bertz CT molecular complexity index is 578. The summed E-state index contributed by atoms with van der Waals surface area (Å²) in [4.78, 5) is 26.2. The lowest BCUT2D eigenvalue weighted by atomic mass is 9.73. The van der Waals surface area contributed by atoms with Crippen molar-refractivity contribution < 1.29 is 14.7 Å². The number of phenolic OH excluding ortho intramolecular Hbond substituents is 1. The molecule has 0 unspecified atom stereocenters. The van der Waals surface area contributed by atoms with Gasteiger partial charge in [0.1, 0.15) is 5.75 Å². The van der Waals surface area contributed by atoms with Crippen molar-refractivity contribution in [2.24, 2.45) is 5.41 Å². The van der Waals surface area contributed by atoms with Gasteiger partial charge in [0.2, 0.25) is 11.8 Å². The van der Waals surface area contributed by atoms with E-state index in [0.29, 0.717) is 12.1 Å². The third kappa shape index (κ3) is 1.99. The number of amides is 2. The first-order valence-electron chi connectivity index (χ1n) is 6.89. The van der Waals surface area contributed by atoms with E-state index >= 15 is 0 Å². The van der Waals surface area contributed by atoms with E-state index in [-0.39, 0.29) is 22.6 Å². The van der Waals surface area contributed by atoms with Crippen molar-refractivity contribution in [3.8, 4) is 5.75 Å². The largest absolute Gasteiger partial charge is 0.506 e. The zero-order valence-corrected chi connectivity index (χ0v) is 11.8. The van der Waals surface area contributed by atoms with Crippen molar-refractivity contribution in [3.63, 3.8) is 0 Å². The van der Waals surface area contributed by atoms with Crippen molar-refractivity contribution >= 4 is 29.1 Å². The molecule has 2 aliphatic rings. The molecule has 1 saturated heterocycles. The summed E-state index contributed by atoms with van der Waals surface area (Å²) in [5.41, 5.74) is -0.0510. The molecule has 5 heteroatoms. The molecule has 1 N–H and O–H groups in total. The van der Waals surface area contributed by atoms with Crippen LogP contribution < -0.4 is 4.90 Å². The Morgan fingerprint density at radius 1 is 1.15 bits per heavy atom. The first-order chi connectivity index (χ1) is 9.53. The number of hydrogen-bond donors (Lipinski definition) is 1. The smallest absolute Gasteiger partial charge is 0.240 e. The van der Waals surface area contributed by atoms with Gasteiger partial charge in [-0.15, -0.1) is 0 Å². The van der Waals surface area contributed by atoms with Crippen LogP contribution in [0.3, 0.4) is 0 Å². The maximum atomic E-state index is 12.7. The standard InChI is InChI=1S/C15H16ClNO3/c16-11-8-10(4-5-12(11)18)17-13(19)9-15(14(17)20)6-2-1-3-7-15/h4-5,8,18H,1-3,6-7,9H2. The number of imide groups is 1. The highest BCUT2D eigenvalue weighted by molar-refractivity contribution is 6.32. The van der Waals surface area contributed by atoms with Crippen LogP contribution in [0.25, 0.3) is 0 Å². The van der Waals surface area contributed by atoms with Gasteiger partial charge in [0.25, 0.3) is 0 Å². The van der Waals surface area contributed by atoms with Crippen molar-refractivity contribution in [2.45, 2.75) is 38.5 Å². The molecule has 2 fully saturated rings. The topological polar surface area (TPSA) is 57.6 Å². The zero-order valence-electron chi connectivity index (χ0n) is 11.1. The molecule has 3 rings (SSSR count). The molecular weight excluding hydrogens is 278 g/mol. The number of carbonyl (C=O) groups is 2. The molecule has 1 heterocycles. The fourth-order valence-electron chi connectivity index (χ4n) is 3.31. The van der Waals surface area contributed by atoms with E-state index in [0.717, 1.165) is 32.1 Å². The van der Waals surface area contributed by atoms with E-state index in [2.05, 4.69) is 0 Å². The van der Waals surface area contributed by atoms with Crippen LogP contribution in [0.5, 0.6) is 5.75 Å². The van der Waals surface area contributed by atoms with Gasteiger partial charge in [0.05, 0.1) is 16.1 Å². The minimum atomic E-state index is -0.500. The predicted octanol–water partition coefficient (Wildman–Crippen LogP) is 3.26. The van der Waals surface area contributed by atoms with Crippen molar-refractivity contribution in [1.82, 2.24) is 0 Å². The summed E-state index contributed by atoms with van der Waals surface area (Å²) >= 11 is 5.87. The number of hydrogen-bond acceptors (Lipinski definition) is 3. The second-order valence-electron chi connectivity index (χ2n) is 5.69. The first-order valence-corrected chi connectivity index (χ1v) is 7.27. The van der Waals surface area contributed by atoms with Gasteiger partial charge in [-0.2, -0.15) is 0 Å². The van der Waals surface area contributed by atoms with Crippen LogP contribution in [0.1, 0.15) is 38.5 Å². The maximum absolute atomic E-state index is 12.7. The second kappa shape index (κ2) is 4.77. The molecule has 1 aliphatic heterocycles. The highest BCUT2D eigenvalue weighted by atomic mass is 35.5. The third-order valence-corrected chi connectivity index (χ3v) is 4.70. The van der Waals surface area contributed by atoms with E-state index < -0.39 is 5.41 Å². The van der Waals surface area contributed by atoms with Gasteiger partial charge in [-0.05, 0) is 31.0 Å². The molecule has 1 aliphatic carbocycles. The normalized spacial score (nSPS) is 21.8. The van der Waals surface area contributed by atoms with E-state index in [9.17, 15) is 14.7 Å². The number of aromatic hydroxyl groups is 1. The minimum absolute atomic E-state index is 0.0538. The first kappa shape index (κ1) is 13.4. The van der Waals surface area contributed by atoms with Gasteiger partial charge >= 0.3 is 0 Å². The van der Waals surface area contributed by atoms with Crippen molar-refractivity contribution in [3.05, 3.63) is 23.2 Å². The minimum Gasteiger partial charge on any atom is -0.506 e. The monoisotopic (exact) mass is 293 g/mol.